The summed E-state index contributed by atoms with van der Waals surface area (Å²) in [5, 5.41) is 8.96. The predicted octanol–water partition coefficient (Wildman–Crippen LogP) is 3.86. The van der Waals surface area contributed by atoms with Crippen LogP contribution >= 0.6 is 0 Å². The molecule has 0 radical (unpaired) electrons. The van der Waals surface area contributed by atoms with Crippen molar-refractivity contribution >= 4 is 0 Å². The molecule has 1 atom stereocenters. The Morgan fingerprint density at radius 2 is 1.57 bits per heavy atom. The molecule has 4 heteroatoms. The summed E-state index contributed by atoms with van der Waals surface area (Å²) >= 11 is 0. The number of hydrogen-bond donors (Lipinski definition) is 0. The monoisotopic (exact) mass is 311 g/mol. The summed E-state index contributed by atoms with van der Waals surface area (Å²) in [4.78, 5) is 11.7. The van der Waals surface area contributed by atoms with Gasteiger partial charge in [-0.1, -0.05) is 12.1 Å². The molecule has 4 bridgehead atoms. The van der Waals surface area contributed by atoms with Crippen molar-refractivity contribution in [1.82, 2.24) is 0 Å². The molecule has 1 heterocycles. The summed E-state index contributed by atoms with van der Waals surface area (Å²) in [6, 6.07) is 9.54. The second-order valence-corrected chi connectivity index (χ2v) is 7.93. The summed E-state index contributed by atoms with van der Waals surface area (Å²) in [5.74, 6) is 1.19. The van der Waals surface area contributed by atoms with Gasteiger partial charge in [0.1, 0.15) is 0 Å². The highest BCUT2D eigenvalue weighted by atomic mass is 17.3. The Morgan fingerprint density at radius 3 is 2.13 bits per heavy atom. The molecule has 0 N–H and O–H groups in total. The van der Waals surface area contributed by atoms with E-state index in [2.05, 4.69) is 6.07 Å². The third-order valence-corrected chi connectivity index (χ3v) is 6.50. The second-order valence-electron chi connectivity index (χ2n) is 7.93. The lowest BCUT2D eigenvalue weighted by atomic mass is 9.53. The Bertz CT molecular complexity index is 649. The van der Waals surface area contributed by atoms with E-state index in [0.717, 1.165) is 17.4 Å². The van der Waals surface area contributed by atoms with E-state index in [9.17, 15) is 0 Å². The summed E-state index contributed by atoms with van der Waals surface area (Å²) < 4.78 is 6.55. The quantitative estimate of drug-likeness (QED) is 0.739. The van der Waals surface area contributed by atoms with Gasteiger partial charge < -0.3 is 4.74 Å². The van der Waals surface area contributed by atoms with Gasteiger partial charge in [0, 0.05) is 17.4 Å². The molecule has 1 aliphatic heterocycles. The van der Waals surface area contributed by atoms with Gasteiger partial charge >= 0.3 is 0 Å². The van der Waals surface area contributed by atoms with Crippen LogP contribution in [0.1, 0.15) is 50.2 Å². The Morgan fingerprint density at radius 1 is 0.957 bits per heavy atom. The lowest BCUT2D eigenvalue weighted by Gasteiger charge is -2.57. The molecular formula is C19H21NO3. The summed E-state index contributed by atoms with van der Waals surface area (Å²) in [7, 11) is 0. The topological polar surface area (TPSA) is 51.5 Å². The molecule has 23 heavy (non-hydrogen) atoms. The predicted molar refractivity (Wildman–Crippen MR) is 81.5 cm³/mol. The van der Waals surface area contributed by atoms with E-state index >= 15 is 0 Å². The third-order valence-electron chi connectivity index (χ3n) is 6.50. The van der Waals surface area contributed by atoms with Crippen molar-refractivity contribution in [2.24, 2.45) is 23.7 Å². The maximum atomic E-state index is 8.96. The first-order valence-electron chi connectivity index (χ1n) is 8.69. The van der Waals surface area contributed by atoms with Crippen LogP contribution in [-0.4, -0.2) is 5.79 Å². The highest BCUT2D eigenvalue weighted by molar-refractivity contribution is 5.33. The van der Waals surface area contributed by atoms with Crippen LogP contribution in [0, 0.1) is 35.0 Å². The van der Waals surface area contributed by atoms with Gasteiger partial charge in [-0.15, -0.1) is 0 Å². The van der Waals surface area contributed by atoms with E-state index < -0.39 is 11.6 Å². The number of nitriles is 1. The van der Waals surface area contributed by atoms with E-state index in [1.54, 1.807) is 12.1 Å². The van der Waals surface area contributed by atoms with Gasteiger partial charge in [0.15, 0.2) is 0 Å². The Hall–Kier alpha value is -1.41. The minimum Gasteiger partial charge on any atom is -0.308 e. The standard InChI is InChI=1S/C19H21NO3/c1-18(15-4-2-12(11-20)3-5-15)21-19(23-22-18)16-7-13-6-14(9-16)10-17(19)8-13/h2-5,13-14,16-17H,6-10H2,1H3/t13?,14?,16?,17?,18-,19?/m1/s1. The molecule has 5 fully saturated rings. The lowest BCUT2D eigenvalue weighted by molar-refractivity contribution is -0.389. The van der Waals surface area contributed by atoms with Crippen molar-refractivity contribution in [3.63, 3.8) is 0 Å². The molecule has 1 spiro atoms. The van der Waals surface area contributed by atoms with E-state index in [1.165, 1.54) is 32.1 Å². The van der Waals surface area contributed by atoms with Crippen LogP contribution in [0.2, 0.25) is 0 Å². The zero-order chi connectivity index (χ0) is 15.7. The molecule has 4 saturated carbocycles. The third kappa shape index (κ3) is 1.88. The molecular weight excluding hydrogens is 290 g/mol. The van der Waals surface area contributed by atoms with Crippen molar-refractivity contribution in [3.8, 4) is 6.07 Å². The SMILES string of the molecule is C[C@]1(c2ccc(C#N)cc2)OOC2(O1)C1CC3CC(C1)CC2C3. The molecule has 1 aromatic carbocycles. The first kappa shape index (κ1) is 14.0. The number of nitrogens with zero attached hydrogens (tertiary/aromatic N) is 1. The molecule has 1 aromatic rings. The highest BCUT2D eigenvalue weighted by Crippen LogP contribution is 2.63. The number of rotatable bonds is 1. The van der Waals surface area contributed by atoms with E-state index in [1.807, 2.05) is 19.1 Å². The second kappa shape index (κ2) is 4.57. The van der Waals surface area contributed by atoms with Crippen molar-refractivity contribution in [2.45, 2.75) is 50.6 Å². The molecule has 4 aliphatic carbocycles. The van der Waals surface area contributed by atoms with Gasteiger partial charge in [0.05, 0.1) is 11.6 Å². The Balaban J connectivity index is 1.46. The summed E-state index contributed by atoms with van der Waals surface area (Å²) in [6.07, 6.45) is 6.23. The van der Waals surface area contributed by atoms with Crippen LogP contribution in [-0.2, 0) is 20.3 Å². The Kier molecular flexibility index (Phi) is 2.78. The van der Waals surface area contributed by atoms with Crippen molar-refractivity contribution < 1.29 is 14.5 Å². The fourth-order valence-electron chi connectivity index (χ4n) is 5.58. The summed E-state index contributed by atoms with van der Waals surface area (Å²) in [6.45, 7) is 1.92. The van der Waals surface area contributed by atoms with E-state index in [-0.39, 0.29) is 0 Å². The molecule has 0 aromatic heterocycles. The molecule has 0 unspecified atom stereocenters. The van der Waals surface area contributed by atoms with E-state index in [4.69, 9.17) is 19.8 Å². The first-order chi connectivity index (χ1) is 11.1. The molecule has 4 nitrogen and oxygen atoms in total. The number of benzene rings is 1. The fourth-order valence-corrected chi connectivity index (χ4v) is 5.58. The van der Waals surface area contributed by atoms with Crippen LogP contribution in [0.25, 0.3) is 0 Å². The largest absolute Gasteiger partial charge is 0.308 e. The number of ether oxygens (including phenoxy) is 1. The zero-order valence-corrected chi connectivity index (χ0v) is 13.3. The average Bonchev–Trinajstić information content (AvgIpc) is 2.92. The zero-order valence-electron chi connectivity index (χ0n) is 13.3. The van der Waals surface area contributed by atoms with E-state index in [0.29, 0.717) is 17.4 Å². The highest BCUT2D eigenvalue weighted by Gasteiger charge is 2.66. The first-order valence-corrected chi connectivity index (χ1v) is 8.69. The lowest BCUT2D eigenvalue weighted by Crippen LogP contribution is -2.58. The molecule has 120 valence electrons. The van der Waals surface area contributed by atoms with Crippen molar-refractivity contribution in [3.05, 3.63) is 35.4 Å². The van der Waals surface area contributed by atoms with Crippen LogP contribution in [0.5, 0.6) is 0 Å². The minimum atomic E-state index is -0.886. The molecule has 0 amide bonds. The van der Waals surface area contributed by atoms with Crippen molar-refractivity contribution in [2.75, 3.05) is 0 Å². The minimum absolute atomic E-state index is 0.457. The van der Waals surface area contributed by atoms with Gasteiger partial charge in [-0.3, -0.25) is 0 Å². The molecule has 1 saturated heterocycles. The summed E-state index contributed by atoms with van der Waals surface area (Å²) in [5.41, 5.74) is 1.54. The smallest absolute Gasteiger partial charge is 0.227 e. The van der Waals surface area contributed by atoms with Crippen LogP contribution in [0.15, 0.2) is 24.3 Å². The number of hydrogen-bond acceptors (Lipinski definition) is 4. The average molecular weight is 311 g/mol. The normalized spacial score (nSPS) is 47.1. The van der Waals surface area contributed by atoms with Crippen LogP contribution in [0.4, 0.5) is 0 Å². The van der Waals surface area contributed by atoms with Gasteiger partial charge in [-0.25, -0.2) is 0 Å². The van der Waals surface area contributed by atoms with Crippen molar-refractivity contribution in [1.29, 1.82) is 5.26 Å². The van der Waals surface area contributed by atoms with Gasteiger partial charge in [-0.05, 0) is 63.0 Å². The maximum absolute atomic E-state index is 8.96. The fraction of sp³-hybridized carbons (Fsp3) is 0.632. The molecule has 5 aliphatic rings. The van der Waals surface area contributed by atoms with Gasteiger partial charge in [0.25, 0.3) is 0 Å². The van der Waals surface area contributed by atoms with Gasteiger partial charge in [-0.2, -0.15) is 15.0 Å². The van der Waals surface area contributed by atoms with Gasteiger partial charge in [0.2, 0.25) is 11.6 Å². The Labute approximate surface area is 136 Å². The van der Waals surface area contributed by atoms with Crippen LogP contribution in [0.3, 0.4) is 0 Å². The molecule has 6 rings (SSSR count). The van der Waals surface area contributed by atoms with Crippen LogP contribution < -0.4 is 0 Å². The maximum Gasteiger partial charge on any atom is 0.227 e.